The maximum atomic E-state index is 13.0. The minimum Gasteiger partial charge on any atom is -0.483 e. The Labute approximate surface area is 175 Å². The number of carbonyl (C=O) groups is 2. The highest BCUT2D eigenvalue weighted by Crippen LogP contribution is 2.38. The number of rotatable bonds is 7. The molecule has 1 aromatic rings. The third kappa shape index (κ3) is 4.96. The second kappa shape index (κ2) is 9.11. The molecule has 28 heavy (non-hydrogen) atoms. The van der Waals surface area contributed by atoms with E-state index >= 15 is 0 Å². The number of primary amides is 1. The summed E-state index contributed by atoms with van der Waals surface area (Å²) in [4.78, 5) is 28.5. The summed E-state index contributed by atoms with van der Waals surface area (Å²) in [5, 5.41) is 3.08. The number of aliphatic imine (C=N–C) groups is 1. The Bertz CT molecular complexity index is 817. The lowest BCUT2D eigenvalue weighted by Gasteiger charge is -2.42. The molecular formula is C20H27ClN3O3S+. The van der Waals surface area contributed by atoms with Gasteiger partial charge in [-0.1, -0.05) is 24.9 Å². The van der Waals surface area contributed by atoms with Crippen molar-refractivity contribution < 1.29 is 18.8 Å². The van der Waals surface area contributed by atoms with Gasteiger partial charge in [-0.15, -0.1) is 4.99 Å². The first-order valence-corrected chi connectivity index (χ1v) is 10.4. The van der Waals surface area contributed by atoms with Crippen molar-refractivity contribution in [3.63, 3.8) is 0 Å². The van der Waals surface area contributed by atoms with Crippen molar-refractivity contribution in [1.82, 2.24) is 0 Å². The molecule has 2 N–H and O–H groups in total. The van der Waals surface area contributed by atoms with Crippen LogP contribution in [0.15, 0.2) is 34.8 Å². The van der Waals surface area contributed by atoms with Crippen LogP contribution >= 0.6 is 23.4 Å². The third-order valence-electron chi connectivity index (χ3n) is 4.63. The number of ether oxygens (including phenoxy) is 1. The summed E-state index contributed by atoms with van der Waals surface area (Å²) in [6.07, 6.45) is 4.17. The van der Waals surface area contributed by atoms with E-state index in [1.165, 1.54) is 17.8 Å². The van der Waals surface area contributed by atoms with Gasteiger partial charge < -0.3 is 10.5 Å². The van der Waals surface area contributed by atoms with Gasteiger partial charge in [-0.2, -0.15) is 0 Å². The van der Waals surface area contributed by atoms with E-state index in [2.05, 4.69) is 38.9 Å². The summed E-state index contributed by atoms with van der Waals surface area (Å²) in [6, 6.07) is 4.63. The summed E-state index contributed by atoms with van der Waals surface area (Å²) in [7, 11) is 0. The highest BCUT2D eigenvalue weighted by molar-refractivity contribution is 8.16. The zero-order valence-corrected chi connectivity index (χ0v) is 18.3. The van der Waals surface area contributed by atoms with Crippen LogP contribution in [0.25, 0.3) is 0 Å². The molecule has 0 saturated carbocycles. The van der Waals surface area contributed by atoms with Gasteiger partial charge in [0.1, 0.15) is 17.5 Å². The third-order valence-corrected chi connectivity index (χ3v) is 5.75. The minimum absolute atomic E-state index is 0.159. The fourth-order valence-electron chi connectivity index (χ4n) is 2.98. The molecule has 1 heterocycles. The van der Waals surface area contributed by atoms with E-state index in [1.807, 2.05) is 5.41 Å². The first kappa shape index (κ1) is 22.5. The van der Waals surface area contributed by atoms with Gasteiger partial charge in [0, 0.05) is 10.4 Å². The predicted octanol–water partition coefficient (Wildman–Crippen LogP) is 4.33. The van der Waals surface area contributed by atoms with Crippen molar-refractivity contribution in [3.8, 4) is 5.75 Å². The van der Waals surface area contributed by atoms with Crippen molar-refractivity contribution in [2.45, 2.75) is 46.1 Å². The SMILES string of the molecule is CCCC[N+]1(C(C)(C)C)C=CSC1=NC(=O)c1cc(Cl)ccc1OCC(N)=O. The second-order valence-electron chi connectivity index (χ2n) is 7.61. The van der Waals surface area contributed by atoms with Crippen LogP contribution in [-0.2, 0) is 4.79 Å². The van der Waals surface area contributed by atoms with Crippen LogP contribution < -0.4 is 10.5 Å². The Kier molecular flexibility index (Phi) is 7.31. The molecule has 0 bridgehead atoms. The summed E-state index contributed by atoms with van der Waals surface area (Å²) >= 11 is 7.52. The highest BCUT2D eigenvalue weighted by Gasteiger charge is 2.47. The summed E-state index contributed by atoms with van der Waals surface area (Å²) in [5.74, 6) is -0.856. The van der Waals surface area contributed by atoms with Crippen LogP contribution in [0, 0.1) is 0 Å². The molecule has 2 amide bonds. The highest BCUT2D eigenvalue weighted by atomic mass is 35.5. The van der Waals surface area contributed by atoms with E-state index in [0.717, 1.165) is 19.4 Å². The van der Waals surface area contributed by atoms with Gasteiger partial charge in [-0.05, 0) is 57.2 Å². The minimum atomic E-state index is -0.627. The molecule has 8 heteroatoms. The van der Waals surface area contributed by atoms with Crippen LogP contribution in [0.3, 0.4) is 0 Å². The van der Waals surface area contributed by atoms with E-state index in [4.69, 9.17) is 22.1 Å². The molecule has 1 aromatic carbocycles. The molecule has 1 atom stereocenters. The number of unbranched alkanes of at least 4 members (excludes halogenated alkanes) is 1. The number of halogens is 1. The van der Waals surface area contributed by atoms with Crippen LogP contribution in [-0.4, -0.2) is 40.2 Å². The van der Waals surface area contributed by atoms with Crippen molar-refractivity contribution in [2.24, 2.45) is 10.7 Å². The van der Waals surface area contributed by atoms with E-state index in [9.17, 15) is 9.59 Å². The first-order chi connectivity index (χ1) is 13.1. The lowest BCUT2D eigenvalue weighted by atomic mass is 10.0. The standard InChI is InChI=1S/C20H26ClN3O3S/c1-5-6-9-24(20(2,3)4)10-11-28-19(24)23-18(26)15-12-14(21)7-8-16(15)27-13-17(22)25/h7-8,10-12H,5-6,9,13H2,1-4H3,(H-,22,25)/p+1. The average molecular weight is 425 g/mol. The van der Waals surface area contributed by atoms with Crippen molar-refractivity contribution in [3.05, 3.63) is 40.4 Å². The monoisotopic (exact) mass is 424 g/mol. The summed E-state index contributed by atoms with van der Waals surface area (Å²) in [5.41, 5.74) is 5.19. The van der Waals surface area contributed by atoms with Crippen molar-refractivity contribution in [1.29, 1.82) is 0 Å². The maximum absolute atomic E-state index is 13.0. The van der Waals surface area contributed by atoms with Gasteiger partial charge in [0.25, 0.3) is 17.0 Å². The number of nitrogens with two attached hydrogens (primary N) is 1. The molecule has 0 aliphatic carbocycles. The molecule has 0 aromatic heterocycles. The van der Waals surface area contributed by atoms with Gasteiger partial charge >= 0.3 is 0 Å². The largest absolute Gasteiger partial charge is 0.483 e. The molecule has 0 spiro atoms. The maximum Gasteiger partial charge on any atom is 0.286 e. The Hall–Kier alpha value is -1.83. The molecule has 1 aliphatic heterocycles. The summed E-state index contributed by atoms with van der Waals surface area (Å²) in [6.45, 7) is 9.09. The average Bonchev–Trinajstić information content (AvgIpc) is 3.02. The van der Waals surface area contributed by atoms with Gasteiger partial charge in [0.2, 0.25) is 0 Å². The fourth-order valence-corrected chi connectivity index (χ4v) is 4.30. The van der Waals surface area contributed by atoms with Gasteiger partial charge in [-0.25, -0.2) is 4.48 Å². The molecule has 6 nitrogen and oxygen atoms in total. The number of hydrogen-bond donors (Lipinski definition) is 1. The molecular weight excluding hydrogens is 398 g/mol. The number of hydrogen-bond acceptors (Lipinski definition) is 4. The summed E-state index contributed by atoms with van der Waals surface area (Å²) < 4.78 is 5.88. The molecule has 0 radical (unpaired) electrons. The Morgan fingerprint density at radius 3 is 2.64 bits per heavy atom. The topological polar surface area (TPSA) is 81.8 Å². The quantitative estimate of drug-likeness (QED) is 0.660. The number of nitrogens with zero attached hydrogens (tertiary/aromatic N) is 2. The molecule has 152 valence electrons. The number of carbonyl (C=O) groups excluding carboxylic acids is 2. The van der Waals surface area contributed by atoms with Crippen molar-refractivity contribution in [2.75, 3.05) is 13.2 Å². The van der Waals surface area contributed by atoms with Gasteiger partial charge in [0.05, 0.1) is 12.1 Å². The zero-order chi connectivity index (χ0) is 20.9. The van der Waals surface area contributed by atoms with Gasteiger partial charge in [-0.3, -0.25) is 9.59 Å². The Morgan fingerprint density at radius 1 is 1.32 bits per heavy atom. The van der Waals surface area contributed by atoms with Crippen LogP contribution in [0.1, 0.15) is 50.9 Å². The van der Waals surface area contributed by atoms with Crippen LogP contribution in [0.5, 0.6) is 5.75 Å². The first-order valence-electron chi connectivity index (χ1n) is 9.17. The molecule has 0 fully saturated rings. The van der Waals surface area contributed by atoms with Crippen LogP contribution in [0.2, 0.25) is 5.02 Å². The normalized spacial score (nSPS) is 20.5. The Morgan fingerprint density at radius 2 is 2.04 bits per heavy atom. The lowest BCUT2D eigenvalue weighted by molar-refractivity contribution is -0.835. The number of thioether (sulfide) groups is 1. The number of amides is 2. The Balaban J connectivity index is 2.42. The predicted molar refractivity (Wildman–Crippen MR) is 114 cm³/mol. The van der Waals surface area contributed by atoms with E-state index in [1.54, 1.807) is 12.1 Å². The smallest absolute Gasteiger partial charge is 0.286 e. The van der Waals surface area contributed by atoms with Crippen molar-refractivity contribution >= 4 is 40.3 Å². The van der Waals surface area contributed by atoms with Crippen LogP contribution in [0.4, 0.5) is 0 Å². The molecule has 1 aliphatic rings. The van der Waals surface area contributed by atoms with E-state index < -0.39 is 11.8 Å². The second-order valence-corrected chi connectivity index (χ2v) is 8.92. The number of amidine groups is 1. The van der Waals surface area contributed by atoms with E-state index in [-0.39, 0.29) is 23.5 Å². The lowest BCUT2D eigenvalue weighted by Crippen LogP contribution is -2.58. The number of quaternary nitrogens is 1. The fraction of sp³-hybridized carbons (Fsp3) is 0.450. The molecule has 0 saturated heterocycles. The molecule has 2 rings (SSSR count). The number of benzene rings is 1. The van der Waals surface area contributed by atoms with Gasteiger partial charge in [0.15, 0.2) is 6.61 Å². The molecule has 1 unspecified atom stereocenters. The zero-order valence-electron chi connectivity index (χ0n) is 16.7. The van der Waals surface area contributed by atoms with E-state index in [0.29, 0.717) is 14.7 Å².